The summed E-state index contributed by atoms with van der Waals surface area (Å²) >= 11 is 0. The van der Waals surface area contributed by atoms with E-state index in [-0.39, 0.29) is 0 Å². The van der Waals surface area contributed by atoms with Gasteiger partial charge >= 0.3 is 0 Å². The van der Waals surface area contributed by atoms with Crippen LogP contribution in [0.4, 0.5) is 0 Å². The molecule has 0 spiro atoms. The summed E-state index contributed by atoms with van der Waals surface area (Å²) in [6.07, 6.45) is 0.751. The van der Waals surface area contributed by atoms with Crippen molar-refractivity contribution in [2.75, 3.05) is 13.7 Å². The maximum Gasteiger partial charge on any atom is 0.122 e. The van der Waals surface area contributed by atoms with Gasteiger partial charge in [-0.1, -0.05) is 30.3 Å². The Hall–Kier alpha value is -1.58. The highest BCUT2D eigenvalue weighted by molar-refractivity contribution is 5.87. The summed E-state index contributed by atoms with van der Waals surface area (Å²) in [6.45, 7) is 0.490. The molecule has 0 aromatic heterocycles. The molecule has 0 aliphatic rings. The lowest BCUT2D eigenvalue weighted by Crippen LogP contribution is -2.05. The average molecular weight is 217 g/mol. The lowest BCUT2D eigenvalue weighted by Gasteiger charge is -2.11. The zero-order chi connectivity index (χ0) is 11.4. The van der Waals surface area contributed by atoms with Crippen molar-refractivity contribution < 1.29 is 9.57 Å². The summed E-state index contributed by atoms with van der Waals surface area (Å²) in [5.41, 5.74) is 1.14. The standard InChI is InChI=1S/C13H15NO2/c1-15-13-7-6-10-4-2-3-5-11(10)12(13)8-9-16-14/h2-7H,8-9,14H2,1H3. The fourth-order valence-electron chi connectivity index (χ4n) is 1.93. The van der Waals surface area contributed by atoms with Crippen molar-refractivity contribution in [1.82, 2.24) is 0 Å². The van der Waals surface area contributed by atoms with Gasteiger partial charge in [0.1, 0.15) is 5.75 Å². The fraction of sp³-hybridized carbons (Fsp3) is 0.231. The fourth-order valence-corrected chi connectivity index (χ4v) is 1.93. The van der Waals surface area contributed by atoms with Crippen LogP contribution in [0.1, 0.15) is 5.56 Å². The van der Waals surface area contributed by atoms with Gasteiger partial charge in [-0.2, -0.15) is 0 Å². The Morgan fingerprint density at radius 2 is 1.94 bits per heavy atom. The number of hydrogen-bond donors (Lipinski definition) is 1. The Morgan fingerprint density at radius 3 is 2.69 bits per heavy atom. The number of hydrogen-bond acceptors (Lipinski definition) is 3. The van der Waals surface area contributed by atoms with Gasteiger partial charge in [0.15, 0.2) is 0 Å². The number of benzene rings is 2. The number of rotatable bonds is 4. The minimum Gasteiger partial charge on any atom is -0.496 e. The average Bonchev–Trinajstić information content (AvgIpc) is 2.35. The Labute approximate surface area is 94.7 Å². The Bertz CT molecular complexity index is 482. The van der Waals surface area contributed by atoms with E-state index >= 15 is 0 Å². The Morgan fingerprint density at radius 1 is 1.12 bits per heavy atom. The van der Waals surface area contributed by atoms with Gasteiger partial charge < -0.3 is 9.57 Å². The lowest BCUT2D eigenvalue weighted by atomic mass is 10.0. The molecule has 3 nitrogen and oxygen atoms in total. The topological polar surface area (TPSA) is 44.5 Å². The van der Waals surface area contributed by atoms with E-state index in [4.69, 9.17) is 10.6 Å². The zero-order valence-electron chi connectivity index (χ0n) is 9.27. The molecule has 0 radical (unpaired) electrons. The molecule has 3 heteroatoms. The SMILES string of the molecule is COc1ccc2ccccc2c1CCON. The van der Waals surface area contributed by atoms with Crippen molar-refractivity contribution in [1.29, 1.82) is 0 Å². The number of methoxy groups -OCH3 is 1. The predicted molar refractivity (Wildman–Crippen MR) is 64.3 cm³/mol. The maximum absolute atomic E-state index is 5.35. The molecule has 84 valence electrons. The summed E-state index contributed by atoms with van der Waals surface area (Å²) in [5, 5.41) is 2.40. The van der Waals surface area contributed by atoms with Crippen molar-refractivity contribution in [3.63, 3.8) is 0 Å². The molecule has 0 bridgehead atoms. The predicted octanol–water partition coefficient (Wildman–Crippen LogP) is 2.28. The van der Waals surface area contributed by atoms with Crippen molar-refractivity contribution in [3.05, 3.63) is 42.0 Å². The highest BCUT2D eigenvalue weighted by Crippen LogP contribution is 2.28. The Balaban J connectivity index is 2.54. The van der Waals surface area contributed by atoms with Crippen LogP contribution >= 0.6 is 0 Å². The summed E-state index contributed by atoms with van der Waals surface area (Å²) in [6, 6.07) is 12.3. The van der Waals surface area contributed by atoms with Crippen molar-refractivity contribution in [2.24, 2.45) is 5.90 Å². The van der Waals surface area contributed by atoms with Crippen LogP contribution in [0.15, 0.2) is 36.4 Å². The molecule has 0 heterocycles. The number of nitrogens with two attached hydrogens (primary N) is 1. The van der Waals surface area contributed by atoms with Gasteiger partial charge in [-0.15, -0.1) is 0 Å². The highest BCUT2D eigenvalue weighted by atomic mass is 16.6. The third kappa shape index (κ3) is 2.01. The molecule has 2 aromatic carbocycles. The second-order valence-electron chi connectivity index (χ2n) is 3.59. The molecule has 2 N–H and O–H groups in total. The van der Waals surface area contributed by atoms with Gasteiger partial charge in [-0.25, -0.2) is 5.90 Å². The van der Waals surface area contributed by atoms with E-state index in [9.17, 15) is 0 Å². The molecule has 16 heavy (non-hydrogen) atoms. The van der Waals surface area contributed by atoms with Crippen molar-refractivity contribution in [2.45, 2.75) is 6.42 Å². The van der Waals surface area contributed by atoms with Gasteiger partial charge in [0.05, 0.1) is 13.7 Å². The zero-order valence-corrected chi connectivity index (χ0v) is 9.27. The molecule has 0 saturated heterocycles. The Kier molecular flexibility index (Phi) is 3.39. The van der Waals surface area contributed by atoms with Crippen molar-refractivity contribution >= 4 is 10.8 Å². The van der Waals surface area contributed by atoms with Crippen LogP contribution in [0, 0.1) is 0 Å². The molecule has 0 aliphatic carbocycles. The monoisotopic (exact) mass is 217 g/mol. The van der Waals surface area contributed by atoms with Gasteiger partial charge in [-0.3, -0.25) is 0 Å². The smallest absolute Gasteiger partial charge is 0.122 e. The molecule has 2 aromatic rings. The molecule has 0 atom stereocenters. The van der Waals surface area contributed by atoms with E-state index in [1.165, 1.54) is 10.8 Å². The van der Waals surface area contributed by atoms with E-state index in [0.29, 0.717) is 6.61 Å². The van der Waals surface area contributed by atoms with Gasteiger partial charge in [0.2, 0.25) is 0 Å². The van der Waals surface area contributed by atoms with E-state index in [1.54, 1.807) is 7.11 Å². The first-order valence-corrected chi connectivity index (χ1v) is 5.23. The van der Waals surface area contributed by atoms with Crippen molar-refractivity contribution in [3.8, 4) is 5.75 Å². The summed E-state index contributed by atoms with van der Waals surface area (Å²) < 4.78 is 5.35. The third-order valence-electron chi connectivity index (χ3n) is 2.69. The first-order valence-electron chi connectivity index (χ1n) is 5.23. The normalized spacial score (nSPS) is 10.6. The van der Waals surface area contributed by atoms with Crippen LogP contribution < -0.4 is 10.6 Å². The highest BCUT2D eigenvalue weighted by Gasteiger charge is 2.07. The molecular formula is C13H15NO2. The lowest BCUT2D eigenvalue weighted by molar-refractivity contribution is 0.141. The quantitative estimate of drug-likeness (QED) is 0.799. The third-order valence-corrected chi connectivity index (χ3v) is 2.69. The summed E-state index contributed by atoms with van der Waals surface area (Å²) in [4.78, 5) is 4.64. The summed E-state index contributed by atoms with van der Waals surface area (Å²) in [5.74, 6) is 5.96. The minimum atomic E-state index is 0.490. The number of ether oxygens (including phenoxy) is 1. The molecule has 0 aliphatic heterocycles. The second kappa shape index (κ2) is 4.96. The second-order valence-corrected chi connectivity index (χ2v) is 3.59. The number of fused-ring (bicyclic) bond motifs is 1. The van der Waals surface area contributed by atoms with E-state index in [1.807, 2.05) is 18.2 Å². The molecule has 0 saturated carbocycles. The molecule has 0 amide bonds. The van der Waals surface area contributed by atoms with E-state index in [2.05, 4.69) is 23.0 Å². The van der Waals surface area contributed by atoms with Gasteiger partial charge in [-0.05, 0) is 16.8 Å². The van der Waals surface area contributed by atoms with Crippen LogP contribution in [0.25, 0.3) is 10.8 Å². The molecule has 2 rings (SSSR count). The van der Waals surface area contributed by atoms with Gasteiger partial charge in [0, 0.05) is 12.0 Å². The van der Waals surface area contributed by atoms with E-state index < -0.39 is 0 Å². The van der Waals surface area contributed by atoms with E-state index in [0.717, 1.165) is 17.7 Å². The summed E-state index contributed by atoms with van der Waals surface area (Å²) in [7, 11) is 1.68. The van der Waals surface area contributed by atoms with Crippen LogP contribution in [0.3, 0.4) is 0 Å². The molecule has 0 unspecified atom stereocenters. The first-order chi connectivity index (χ1) is 7.86. The van der Waals surface area contributed by atoms with Crippen LogP contribution in [-0.4, -0.2) is 13.7 Å². The maximum atomic E-state index is 5.35. The van der Waals surface area contributed by atoms with Gasteiger partial charge in [0.25, 0.3) is 0 Å². The minimum absolute atomic E-state index is 0.490. The molecule has 0 fully saturated rings. The largest absolute Gasteiger partial charge is 0.496 e. The molecular weight excluding hydrogens is 202 g/mol. The van der Waals surface area contributed by atoms with Crippen LogP contribution in [-0.2, 0) is 11.3 Å². The van der Waals surface area contributed by atoms with Crippen LogP contribution in [0.2, 0.25) is 0 Å². The first kappa shape index (κ1) is 10.9. The van der Waals surface area contributed by atoms with Crippen LogP contribution in [0.5, 0.6) is 5.75 Å².